The molecule has 12 heavy (non-hydrogen) atoms. The largest absolute Gasteiger partial charge is 0.403 e. The topological polar surface area (TPSA) is 0 Å². The monoisotopic (exact) mass is 188 g/mol. The smallest absolute Gasteiger partial charge is 0.170 e. The lowest BCUT2D eigenvalue weighted by Crippen LogP contribution is -2.41. The van der Waals surface area contributed by atoms with Gasteiger partial charge in [0.25, 0.3) is 0 Å². The van der Waals surface area contributed by atoms with E-state index >= 15 is 0 Å². The van der Waals surface area contributed by atoms with Crippen molar-refractivity contribution in [2.75, 3.05) is 0 Å². The van der Waals surface area contributed by atoms with E-state index < -0.39 is 24.2 Å². The molecule has 0 heterocycles. The minimum atomic E-state index is -4.87. The molecule has 6 heteroatoms. The van der Waals surface area contributed by atoms with Gasteiger partial charge in [-0.25, -0.2) is 0 Å². The van der Waals surface area contributed by atoms with Crippen LogP contribution in [0.4, 0.5) is 26.3 Å². The Morgan fingerprint density at radius 1 is 0.667 bits per heavy atom. The van der Waals surface area contributed by atoms with E-state index in [0.717, 1.165) is 0 Å². The number of hydrogen-bond acceptors (Lipinski definition) is 0. The highest BCUT2D eigenvalue weighted by molar-refractivity contribution is 5.26. The zero-order valence-corrected chi connectivity index (χ0v) is 5.42. The molecule has 0 aliphatic heterocycles. The van der Waals surface area contributed by atoms with Crippen molar-refractivity contribution in [3.8, 4) is 11.8 Å². The van der Waals surface area contributed by atoms with Gasteiger partial charge in [0.1, 0.15) is 11.8 Å². The minimum Gasteiger partial charge on any atom is -0.170 e. The molecule has 68 valence electrons. The minimum absolute atomic E-state index is 1.45. The Balaban J connectivity index is 2.74. The van der Waals surface area contributed by atoms with Gasteiger partial charge in [0.05, 0.1) is 0 Å². The second-order valence-corrected chi connectivity index (χ2v) is 2.33. The fraction of sp³-hybridized carbons (Fsp3) is 0.667. The third-order valence-electron chi connectivity index (χ3n) is 1.43. The molecular formula is C6H2F6. The molecule has 1 aliphatic carbocycles. The van der Waals surface area contributed by atoms with Gasteiger partial charge in [-0.2, -0.15) is 26.3 Å². The fourth-order valence-electron chi connectivity index (χ4n) is 0.792. The Labute approximate surface area is 63.6 Å². The molecule has 0 aromatic rings. The first-order valence-corrected chi connectivity index (χ1v) is 2.87. The van der Waals surface area contributed by atoms with Gasteiger partial charge in [0.15, 0.2) is 0 Å². The molecular weight excluding hydrogens is 186 g/mol. The molecule has 0 spiro atoms. The van der Waals surface area contributed by atoms with E-state index in [1.54, 1.807) is 0 Å². The van der Waals surface area contributed by atoms with Crippen molar-refractivity contribution in [2.24, 2.45) is 11.8 Å². The van der Waals surface area contributed by atoms with Gasteiger partial charge in [0, 0.05) is 0 Å². The van der Waals surface area contributed by atoms with Crippen LogP contribution in [0.2, 0.25) is 0 Å². The van der Waals surface area contributed by atoms with Crippen molar-refractivity contribution in [1.82, 2.24) is 0 Å². The highest BCUT2D eigenvalue weighted by Crippen LogP contribution is 2.43. The maximum absolute atomic E-state index is 11.7. The maximum atomic E-state index is 11.7. The molecule has 0 saturated carbocycles. The third kappa shape index (κ3) is 1.49. The van der Waals surface area contributed by atoms with Gasteiger partial charge in [-0.05, 0) is 0 Å². The lowest BCUT2D eigenvalue weighted by Gasteiger charge is -2.28. The molecule has 0 N–H and O–H groups in total. The van der Waals surface area contributed by atoms with Crippen LogP contribution < -0.4 is 0 Å². The predicted molar refractivity (Wildman–Crippen MR) is 26.9 cm³/mol. The van der Waals surface area contributed by atoms with Crippen LogP contribution in [0.1, 0.15) is 0 Å². The summed E-state index contributed by atoms with van der Waals surface area (Å²) in [7, 11) is 0. The van der Waals surface area contributed by atoms with Gasteiger partial charge in [-0.1, -0.05) is 11.8 Å². The number of halogens is 6. The molecule has 0 amide bonds. The lowest BCUT2D eigenvalue weighted by molar-refractivity contribution is -0.231. The van der Waals surface area contributed by atoms with Gasteiger partial charge in [-0.15, -0.1) is 0 Å². The van der Waals surface area contributed by atoms with Crippen LogP contribution >= 0.6 is 0 Å². The average molecular weight is 188 g/mol. The highest BCUT2D eigenvalue weighted by Gasteiger charge is 2.57. The molecule has 0 nitrogen and oxygen atoms in total. The summed E-state index contributed by atoms with van der Waals surface area (Å²) in [6.45, 7) is 0. The Morgan fingerprint density at radius 2 is 0.917 bits per heavy atom. The molecule has 0 bridgehead atoms. The maximum Gasteiger partial charge on any atom is 0.403 e. The van der Waals surface area contributed by atoms with Crippen molar-refractivity contribution < 1.29 is 26.3 Å². The van der Waals surface area contributed by atoms with E-state index in [0.29, 0.717) is 0 Å². The zero-order chi connectivity index (χ0) is 9.57. The fourth-order valence-corrected chi connectivity index (χ4v) is 0.792. The summed E-state index contributed by atoms with van der Waals surface area (Å²) in [5.74, 6) is -2.17. The van der Waals surface area contributed by atoms with Crippen LogP contribution in [0.3, 0.4) is 0 Å². The van der Waals surface area contributed by atoms with E-state index in [4.69, 9.17) is 0 Å². The van der Waals surface area contributed by atoms with Crippen LogP contribution in [0.15, 0.2) is 0 Å². The average Bonchev–Trinajstić information content (AvgIpc) is 1.46. The summed E-state index contributed by atoms with van der Waals surface area (Å²) >= 11 is 0. The highest BCUT2D eigenvalue weighted by atomic mass is 19.4. The normalized spacial score (nSPS) is 28.8. The summed E-state index contributed by atoms with van der Waals surface area (Å²) in [6, 6.07) is 0. The van der Waals surface area contributed by atoms with Crippen molar-refractivity contribution in [2.45, 2.75) is 12.4 Å². The summed E-state index contributed by atoms with van der Waals surface area (Å²) in [5.41, 5.74) is 0. The summed E-state index contributed by atoms with van der Waals surface area (Å²) in [6.07, 6.45) is -9.74. The van der Waals surface area contributed by atoms with E-state index in [1.807, 2.05) is 0 Å². The van der Waals surface area contributed by atoms with E-state index in [1.165, 1.54) is 11.8 Å². The van der Waals surface area contributed by atoms with Gasteiger partial charge in [0.2, 0.25) is 0 Å². The second-order valence-electron chi connectivity index (χ2n) is 2.33. The summed E-state index contributed by atoms with van der Waals surface area (Å²) in [5, 5.41) is 0. The molecule has 0 aromatic carbocycles. The standard InChI is InChI=1S/C6H2F6/c7-5(8,9)3-1-2-4(3)6(10,11)12/h3-4H. The lowest BCUT2D eigenvalue weighted by atomic mass is 9.84. The first kappa shape index (κ1) is 9.23. The van der Waals surface area contributed by atoms with Crippen molar-refractivity contribution in [3.63, 3.8) is 0 Å². The zero-order valence-electron chi connectivity index (χ0n) is 5.42. The summed E-state index contributed by atoms with van der Waals surface area (Å²) < 4.78 is 70.1. The molecule has 0 saturated heterocycles. The Morgan fingerprint density at radius 3 is 1.00 bits per heavy atom. The van der Waals surface area contributed by atoms with Crippen molar-refractivity contribution >= 4 is 0 Å². The van der Waals surface area contributed by atoms with Crippen LogP contribution in [0, 0.1) is 23.7 Å². The first-order chi connectivity index (χ1) is 5.23. The van der Waals surface area contributed by atoms with Crippen LogP contribution in [-0.4, -0.2) is 12.4 Å². The van der Waals surface area contributed by atoms with Crippen LogP contribution in [0.5, 0.6) is 0 Å². The van der Waals surface area contributed by atoms with E-state index in [9.17, 15) is 26.3 Å². The van der Waals surface area contributed by atoms with Gasteiger partial charge < -0.3 is 0 Å². The quantitative estimate of drug-likeness (QED) is 0.404. The number of alkyl halides is 6. The van der Waals surface area contributed by atoms with Crippen LogP contribution in [0.25, 0.3) is 0 Å². The van der Waals surface area contributed by atoms with Gasteiger partial charge in [-0.3, -0.25) is 0 Å². The molecule has 0 fully saturated rings. The molecule has 0 aromatic heterocycles. The van der Waals surface area contributed by atoms with E-state index in [2.05, 4.69) is 0 Å². The Bertz CT molecular complexity index is 211. The Hall–Kier alpha value is -0.860. The first-order valence-electron chi connectivity index (χ1n) is 2.87. The number of rotatable bonds is 0. The molecule has 0 radical (unpaired) electrons. The molecule has 1 rings (SSSR count). The Kier molecular flexibility index (Phi) is 1.78. The molecule has 1 aliphatic rings. The molecule has 2 unspecified atom stereocenters. The SMILES string of the molecule is FC(F)(F)C1C#CC1C(F)(F)F. The van der Waals surface area contributed by atoms with Crippen molar-refractivity contribution in [3.05, 3.63) is 0 Å². The summed E-state index contributed by atoms with van der Waals surface area (Å²) in [4.78, 5) is 0. The third-order valence-corrected chi connectivity index (χ3v) is 1.43. The van der Waals surface area contributed by atoms with Crippen molar-refractivity contribution in [1.29, 1.82) is 0 Å². The van der Waals surface area contributed by atoms with Crippen LogP contribution in [-0.2, 0) is 0 Å². The number of hydrogen-bond donors (Lipinski definition) is 0. The van der Waals surface area contributed by atoms with Gasteiger partial charge >= 0.3 is 12.4 Å². The second kappa shape index (κ2) is 2.31. The predicted octanol–water partition coefficient (Wildman–Crippen LogP) is 2.36. The molecule has 2 atom stereocenters. The van der Waals surface area contributed by atoms with E-state index in [-0.39, 0.29) is 0 Å².